The van der Waals surface area contributed by atoms with E-state index in [0.717, 1.165) is 24.5 Å². The SMILES string of the molecule is O=C(O)c1cc(O)cc(CC2=NCCN2)c1. The van der Waals surface area contributed by atoms with E-state index in [2.05, 4.69) is 10.3 Å². The molecule has 0 amide bonds. The number of hydrogen-bond donors (Lipinski definition) is 3. The molecule has 0 fully saturated rings. The van der Waals surface area contributed by atoms with Gasteiger partial charge in [-0.3, -0.25) is 4.99 Å². The van der Waals surface area contributed by atoms with Crippen LogP contribution in [0.1, 0.15) is 15.9 Å². The van der Waals surface area contributed by atoms with Crippen LogP contribution < -0.4 is 5.32 Å². The van der Waals surface area contributed by atoms with Crippen LogP contribution in [0.25, 0.3) is 0 Å². The smallest absolute Gasteiger partial charge is 0.335 e. The topological polar surface area (TPSA) is 81.9 Å². The summed E-state index contributed by atoms with van der Waals surface area (Å²) < 4.78 is 0. The first-order chi connectivity index (χ1) is 7.65. The zero-order valence-corrected chi connectivity index (χ0v) is 8.60. The van der Waals surface area contributed by atoms with Crippen molar-refractivity contribution in [2.24, 2.45) is 4.99 Å². The third-order valence-electron chi connectivity index (χ3n) is 2.34. The molecule has 1 aliphatic rings. The van der Waals surface area contributed by atoms with Gasteiger partial charge in [0.1, 0.15) is 11.6 Å². The molecule has 0 spiro atoms. The first kappa shape index (κ1) is 10.5. The molecule has 0 saturated heterocycles. The lowest BCUT2D eigenvalue weighted by atomic mass is 10.1. The summed E-state index contributed by atoms with van der Waals surface area (Å²) in [6.45, 7) is 1.57. The molecule has 0 saturated carbocycles. The number of amidine groups is 1. The molecule has 0 bridgehead atoms. The third-order valence-corrected chi connectivity index (χ3v) is 2.34. The molecule has 0 unspecified atom stereocenters. The number of benzene rings is 1. The number of carboxylic acids is 1. The highest BCUT2D eigenvalue weighted by atomic mass is 16.4. The molecular formula is C11H12N2O3. The van der Waals surface area contributed by atoms with E-state index in [-0.39, 0.29) is 11.3 Å². The van der Waals surface area contributed by atoms with Gasteiger partial charge in [-0.25, -0.2) is 4.79 Å². The first-order valence-corrected chi connectivity index (χ1v) is 4.98. The van der Waals surface area contributed by atoms with Crippen molar-refractivity contribution in [2.75, 3.05) is 13.1 Å². The van der Waals surface area contributed by atoms with Gasteiger partial charge < -0.3 is 15.5 Å². The molecule has 84 valence electrons. The Kier molecular flexibility index (Phi) is 2.76. The minimum Gasteiger partial charge on any atom is -0.508 e. The quantitative estimate of drug-likeness (QED) is 0.698. The first-order valence-electron chi connectivity index (χ1n) is 4.98. The summed E-state index contributed by atoms with van der Waals surface area (Å²) in [6, 6.07) is 4.33. The molecule has 2 rings (SSSR count). The predicted molar refractivity (Wildman–Crippen MR) is 59.1 cm³/mol. The van der Waals surface area contributed by atoms with Gasteiger partial charge in [-0.1, -0.05) is 0 Å². The van der Waals surface area contributed by atoms with Crippen LogP contribution in [0.5, 0.6) is 5.75 Å². The fourth-order valence-electron chi connectivity index (χ4n) is 1.66. The fraction of sp³-hybridized carbons (Fsp3) is 0.273. The second-order valence-corrected chi connectivity index (χ2v) is 3.63. The Morgan fingerprint density at radius 3 is 2.88 bits per heavy atom. The number of hydrogen-bond acceptors (Lipinski definition) is 4. The monoisotopic (exact) mass is 220 g/mol. The van der Waals surface area contributed by atoms with Crippen LogP contribution in [0, 0.1) is 0 Å². The highest BCUT2D eigenvalue weighted by molar-refractivity contribution is 5.90. The van der Waals surface area contributed by atoms with Crippen LogP contribution in [0.4, 0.5) is 0 Å². The van der Waals surface area contributed by atoms with E-state index in [9.17, 15) is 9.90 Å². The molecule has 0 radical (unpaired) electrons. The van der Waals surface area contributed by atoms with Crippen molar-refractivity contribution in [3.05, 3.63) is 29.3 Å². The minimum absolute atomic E-state index is 0.0338. The van der Waals surface area contributed by atoms with E-state index in [1.54, 1.807) is 12.1 Å². The van der Waals surface area contributed by atoms with Gasteiger partial charge in [0.25, 0.3) is 0 Å². The lowest BCUT2D eigenvalue weighted by Crippen LogP contribution is -2.20. The van der Waals surface area contributed by atoms with Crippen molar-refractivity contribution in [3.63, 3.8) is 0 Å². The maximum absolute atomic E-state index is 10.8. The van der Waals surface area contributed by atoms with Crippen LogP contribution >= 0.6 is 0 Å². The number of rotatable bonds is 3. The van der Waals surface area contributed by atoms with Crippen molar-refractivity contribution < 1.29 is 15.0 Å². The third kappa shape index (κ3) is 2.31. The largest absolute Gasteiger partial charge is 0.508 e. The van der Waals surface area contributed by atoms with Crippen molar-refractivity contribution in [1.29, 1.82) is 0 Å². The number of nitrogens with one attached hydrogen (secondary N) is 1. The predicted octanol–water partition coefficient (Wildman–Crippen LogP) is 0.635. The van der Waals surface area contributed by atoms with Crippen molar-refractivity contribution >= 4 is 11.8 Å². The van der Waals surface area contributed by atoms with Gasteiger partial charge in [-0.05, 0) is 23.8 Å². The summed E-state index contributed by atoms with van der Waals surface area (Å²) in [5.41, 5.74) is 0.833. The molecule has 5 nitrogen and oxygen atoms in total. The second kappa shape index (κ2) is 4.22. The Bertz CT molecular complexity index is 455. The standard InChI is InChI=1S/C11H12N2O3/c14-9-4-7(3-8(6-9)11(15)16)5-10-12-1-2-13-10/h3-4,6,14H,1-2,5H2,(H,12,13)(H,15,16). The van der Waals surface area contributed by atoms with Gasteiger partial charge in [0, 0.05) is 13.0 Å². The van der Waals surface area contributed by atoms with E-state index in [1.165, 1.54) is 6.07 Å². The highest BCUT2D eigenvalue weighted by Crippen LogP contribution is 2.16. The summed E-state index contributed by atoms with van der Waals surface area (Å²) in [5, 5.41) is 21.3. The summed E-state index contributed by atoms with van der Waals surface area (Å²) in [7, 11) is 0. The number of carbonyl (C=O) groups is 1. The average molecular weight is 220 g/mol. The molecule has 0 atom stereocenters. The molecule has 3 N–H and O–H groups in total. The van der Waals surface area contributed by atoms with Gasteiger partial charge in [0.05, 0.1) is 12.1 Å². The van der Waals surface area contributed by atoms with Gasteiger partial charge in [0.15, 0.2) is 0 Å². The second-order valence-electron chi connectivity index (χ2n) is 3.63. The van der Waals surface area contributed by atoms with Crippen LogP contribution in [-0.2, 0) is 6.42 Å². The molecule has 16 heavy (non-hydrogen) atoms. The molecule has 1 heterocycles. The van der Waals surface area contributed by atoms with Crippen LogP contribution in [-0.4, -0.2) is 35.1 Å². The molecule has 1 aromatic rings. The van der Waals surface area contributed by atoms with Crippen LogP contribution in [0.15, 0.2) is 23.2 Å². The molecule has 0 aromatic heterocycles. The van der Waals surface area contributed by atoms with E-state index < -0.39 is 5.97 Å². The number of aromatic hydroxyl groups is 1. The Morgan fingerprint density at radius 2 is 2.25 bits per heavy atom. The van der Waals surface area contributed by atoms with Crippen molar-refractivity contribution in [1.82, 2.24) is 5.32 Å². The van der Waals surface area contributed by atoms with Gasteiger partial charge in [-0.15, -0.1) is 0 Å². The van der Waals surface area contributed by atoms with Crippen molar-refractivity contribution in [2.45, 2.75) is 6.42 Å². The Balaban J connectivity index is 2.23. The summed E-state index contributed by atoms with van der Waals surface area (Å²) in [4.78, 5) is 15.0. The number of aliphatic imine (C=N–C) groups is 1. The Labute approximate surface area is 92.4 Å². The zero-order valence-electron chi connectivity index (χ0n) is 8.60. The summed E-state index contributed by atoms with van der Waals surface area (Å²) in [5.74, 6) is -0.242. The molecule has 0 aliphatic carbocycles. The van der Waals surface area contributed by atoms with Crippen molar-refractivity contribution in [3.8, 4) is 5.75 Å². The molecule has 1 aliphatic heterocycles. The molecule has 1 aromatic carbocycles. The lowest BCUT2D eigenvalue weighted by Gasteiger charge is -2.05. The molecule has 5 heteroatoms. The normalized spacial score (nSPS) is 14.4. The molecular weight excluding hydrogens is 208 g/mol. The fourth-order valence-corrected chi connectivity index (χ4v) is 1.66. The number of phenols is 1. The number of carboxylic acid groups (broad SMARTS) is 1. The number of aromatic carboxylic acids is 1. The van der Waals surface area contributed by atoms with Gasteiger partial charge in [0.2, 0.25) is 0 Å². The lowest BCUT2D eigenvalue weighted by molar-refractivity contribution is 0.0696. The van der Waals surface area contributed by atoms with Crippen LogP contribution in [0.3, 0.4) is 0 Å². The van der Waals surface area contributed by atoms with E-state index >= 15 is 0 Å². The van der Waals surface area contributed by atoms with Gasteiger partial charge >= 0.3 is 5.97 Å². The summed E-state index contributed by atoms with van der Waals surface area (Å²) in [6.07, 6.45) is 0.522. The van der Waals surface area contributed by atoms with Crippen LogP contribution in [0.2, 0.25) is 0 Å². The Morgan fingerprint density at radius 1 is 1.44 bits per heavy atom. The maximum Gasteiger partial charge on any atom is 0.335 e. The Hall–Kier alpha value is -2.04. The zero-order chi connectivity index (χ0) is 11.5. The van der Waals surface area contributed by atoms with E-state index in [4.69, 9.17) is 5.11 Å². The summed E-state index contributed by atoms with van der Waals surface area (Å²) >= 11 is 0. The minimum atomic E-state index is -1.04. The number of phenolic OH excluding ortho intramolecular Hbond substituents is 1. The van der Waals surface area contributed by atoms with Gasteiger partial charge in [-0.2, -0.15) is 0 Å². The van der Waals surface area contributed by atoms with E-state index in [0.29, 0.717) is 6.42 Å². The maximum atomic E-state index is 10.8. The number of nitrogens with zero attached hydrogens (tertiary/aromatic N) is 1. The van der Waals surface area contributed by atoms with E-state index in [1.807, 2.05) is 0 Å². The average Bonchev–Trinajstić information content (AvgIpc) is 2.69. The highest BCUT2D eigenvalue weighted by Gasteiger charge is 2.10.